The molecule has 0 aliphatic carbocycles. The summed E-state index contributed by atoms with van der Waals surface area (Å²) in [5.74, 6) is 1.03. The highest BCUT2D eigenvalue weighted by molar-refractivity contribution is 5.86. The second kappa shape index (κ2) is 7.01. The minimum absolute atomic E-state index is 0.255. The first kappa shape index (κ1) is 18.7. The van der Waals surface area contributed by atoms with E-state index in [1.54, 1.807) is 23.0 Å². The maximum Gasteiger partial charge on any atom is 0.210 e. The Kier molecular flexibility index (Phi) is 4.11. The standard InChI is InChI=1S/C23H20FN7O/c1-13-3-4-16(21-25-9-14(2)31(13)21)18-11-27-23(30-12-28-29-22(18)30)26-10-17-15-7-8-32-20(15)6-5-19(17)24/h3-6,9,11-12H,7-8,10H2,1-2H3,(H,26,27). The third-order valence-electron chi connectivity index (χ3n) is 6.01. The molecule has 1 aliphatic heterocycles. The van der Waals surface area contributed by atoms with Gasteiger partial charge in [0.25, 0.3) is 0 Å². The number of imidazole rings is 1. The average molecular weight is 429 g/mol. The van der Waals surface area contributed by atoms with Crippen molar-refractivity contribution in [3.63, 3.8) is 0 Å². The lowest BCUT2D eigenvalue weighted by Crippen LogP contribution is -2.10. The van der Waals surface area contributed by atoms with Crippen LogP contribution in [0.1, 0.15) is 22.5 Å². The maximum absolute atomic E-state index is 14.5. The number of aromatic nitrogens is 6. The van der Waals surface area contributed by atoms with Gasteiger partial charge in [-0.25, -0.2) is 14.4 Å². The summed E-state index contributed by atoms with van der Waals surface area (Å²) < 4.78 is 24.0. The van der Waals surface area contributed by atoms with E-state index >= 15 is 0 Å². The van der Waals surface area contributed by atoms with Crippen molar-refractivity contribution in [1.82, 2.24) is 29.0 Å². The van der Waals surface area contributed by atoms with Gasteiger partial charge in [-0.05, 0) is 38.1 Å². The molecule has 0 saturated carbocycles. The Hall–Kier alpha value is -4.01. The number of nitrogens with zero attached hydrogens (tertiary/aromatic N) is 6. The van der Waals surface area contributed by atoms with E-state index in [0.717, 1.165) is 39.5 Å². The van der Waals surface area contributed by atoms with E-state index in [4.69, 9.17) is 4.74 Å². The van der Waals surface area contributed by atoms with Crippen LogP contribution in [-0.2, 0) is 13.0 Å². The largest absolute Gasteiger partial charge is 0.493 e. The zero-order valence-electron chi connectivity index (χ0n) is 17.6. The quantitative estimate of drug-likeness (QED) is 0.469. The van der Waals surface area contributed by atoms with E-state index < -0.39 is 0 Å². The molecule has 5 heterocycles. The molecule has 0 spiro atoms. The SMILES string of the molecule is Cc1ccc(-c2cnc(NCc3c(F)ccc4c3CCO4)n3cnnc23)c2ncc(C)n12. The topological polar surface area (TPSA) is 81.6 Å². The lowest BCUT2D eigenvalue weighted by atomic mass is 10.0. The minimum atomic E-state index is -0.255. The van der Waals surface area contributed by atoms with Crippen LogP contribution in [0.2, 0.25) is 0 Å². The van der Waals surface area contributed by atoms with Gasteiger partial charge in [0, 0.05) is 59.0 Å². The molecule has 1 aliphatic rings. The van der Waals surface area contributed by atoms with Gasteiger partial charge in [-0.15, -0.1) is 10.2 Å². The number of fused-ring (bicyclic) bond motifs is 3. The fourth-order valence-electron chi connectivity index (χ4n) is 4.45. The van der Waals surface area contributed by atoms with E-state index in [1.165, 1.54) is 6.07 Å². The minimum Gasteiger partial charge on any atom is -0.493 e. The van der Waals surface area contributed by atoms with Crippen molar-refractivity contribution in [2.75, 3.05) is 11.9 Å². The Balaban J connectivity index is 1.41. The first-order chi connectivity index (χ1) is 15.6. The molecule has 0 saturated heterocycles. The van der Waals surface area contributed by atoms with Crippen LogP contribution in [0.5, 0.6) is 5.75 Å². The van der Waals surface area contributed by atoms with E-state index in [1.807, 2.05) is 26.1 Å². The van der Waals surface area contributed by atoms with Crippen LogP contribution in [0.4, 0.5) is 10.3 Å². The number of nitrogens with one attached hydrogen (secondary N) is 1. The molecule has 4 aromatic heterocycles. The van der Waals surface area contributed by atoms with E-state index in [2.05, 4.69) is 35.9 Å². The lowest BCUT2D eigenvalue weighted by molar-refractivity contribution is 0.356. The van der Waals surface area contributed by atoms with Crippen LogP contribution >= 0.6 is 0 Å². The molecule has 9 heteroatoms. The zero-order valence-corrected chi connectivity index (χ0v) is 17.6. The van der Waals surface area contributed by atoms with Crippen molar-refractivity contribution < 1.29 is 9.13 Å². The number of ether oxygens (including phenoxy) is 1. The highest BCUT2D eigenvalue weighted by atomic mass is 19.1. The van der Waals surface area contributed by atoms with Crippen molar-refractivity contribution in [2.45, 2.75) is 26.8 Å². The first-order valence-electron chi connectivity index (χ1n) is 10.4. The van der Waals surface area contributed by atoms with Gasteiger partial charge >= 0.3 is 0 Å². The second-order valence-electron chi connectivity index (χ2n) is 7.92. The van der Waals surface area contributed by atoms with Crippen molar-refractivity contribution in [3.05, 3.63) is 71.3 Å². The maximum atomic E-state index is 14.5. The fraction of sp³-hybridized carbons (Fsp3) is 0.217. The predicted octanol–water partition coefficient (Wildman–Crippen LogP) is 3.74. The van der Waals surface area contributed by atoms with Gasteiger partial charge in [-0.1, -0.05) is 0 Å². The Morgan fingerprint density at radius 3 is 2.84 bits per heavy atom. The van der Waals surface area contributed by atoms with Gasteiger partial charge in [0.1, 0.15) is 23.5 Å². The summed E-state index contributed by atoms with van der Waals surface area (Å²) in [6.45, 7) is 4.94. The molecular weight excluding hydrogens is 409 g/mol. The van der Waals surface area contributed by atoms with Gasteiger partial charge < -0.3 is 14.5 Å². The molecule has 1 aromatic carbocycles. The van der Waals surface area contributed by atoms with E-state index in [9.17, 15) is 4.39 Å². The van der Waals surface area contributed by atoms with Gasteiger partial charge in [-0.2, -0.15) is 0 Å². The van der Waals surface area contributed by atoms with Crippen LogP contribution in [0.3, 0.4) is 0 Å². The van der Waals surface area contributed by atoms with Crippen LogP contribution in [0, 0.1) is 19.7 Å². The molecule has 0 atom stereocenters. The number of aryl methyl sites for hydroxylation is 2. The number of pyridine rings is 1. The summed E-state index contributed by atoms with van der Waals surface area (Å²) in [5, 5.41) is 11.7. The molecule has 160 valence electrons. The molecule has 0 bridgehead atoms. The Labute approximate surface area is 182 Å². The second-order valence-corrected chi connectivity index (χ2v) is 7.92. The molecule has 1 N–H and O–H groups in total. The van der Waals surface area contributed by atoms with Crippen LogP contribution < -0.4 is 10.1 Å². The monoisotopic (exact) mass is 429 g/mol. The molecule has 8 nitrogen and oxygen atoms in total. The molecule has 6 rings (SSSR count). The summed E-state index contributed by atoms with van der Waals surface area (Å²) in [5.41, 5.74) is 6.90. The third-order valence-corrected chi connectivity index (χ3v) is 6.01. The number of anilines is 1. The fourth-order valence-corrected chi connectivity index (χ4v) is 4.45. The molecule has 0 fully saturated rings. The predicted molar refractivity (Wildman–Crippen MR) is 117 cm³/mol. The summed E-state index contributed by atoms with van der Waals surface area (Å²) in [6.07, 6.45) is 5.92. The zero-order chi connectivity index (χ0) is 21.8. The smallest absolute Gasteiger partial charge is 0.210 e. The molecule has 0 radical (unpaired) electrons. The van der Waals surface area contributed by atoms with Crippen LogP contribution in [-0.4, -0.2) is 35.6 Å². The highest BCUT2D eigenvalue weighted by Crippen LogP contribution is 2.32. The number of hydrogen-bond acceptors (Lipinski definition) is 6. The van der Waals surface area contributed by atoms with Gasteiger partial charge in [-0.3, -0.25) is 4.40 Å². The highest BCUT2D eigenvalue weighted by Gasteiger charge is 2.20. The van der Waals surface area contributed by atoms with E-state index in [-0.39, 0.29) is 12.4 Å². The van der Waals surface area contributed by atoms with Gasteiger partial charge in [0.15, 0.2) is 5.65 Å². The number of rotatable bonds is 4. The van der Waals surface area contributed by atoms with Gasteiger partial charge in [0.05, 0.1) is 6.61 Å². The molecule has 32 heavy (non-hydrogen) atoms. The number of benzene rings is 1. The number of hydrogen-bond donors (Lipinski definition) is 1. The summed E-state index contributed by atoms with van der Waals surface area (Å²) in [6, 6.07) is 7.21. The first-order valence-corrected chi connectivity index (χ1v) is 10.4. The molecule has 5 aromatic rings. The average Bonchev–Trinajstić information content (AvgIpc) is 3.53. The van der Waals surface area contributed by atoms with Crippen molar-refractivity contribution in [3.8, 4) is 16.9 Å². The number of halogens is 1. The normalized spacial score (nSPS) is 13.0. The summed E-state index contributed by atoms with van der Waals surface area (Å²) in [4.78, 5) is 9.21. The van der Waals surface area contributed by atoms with Gasteiger partial charge in [0.2, 0.25) is 5.95 Å². The third kappa shape index (κ3) is 2.74. The molecular formula is C23H20FN7O. The Morgan fingerprint density at radius 1 is 1.03 bits per heavy atom. The molecule has 0 unspecified atom stereocenters. The Bertz CT molecular complexity index is 1500. The summed E-state index contributed by atoms with van der Waals surface area (Å²) in [7, 11) is 0. The Morgan fingerprint density at radius 2 is 1.94 bits per heavy atom. The van der Waals surface area contributed by atoms with Crippen molar-refractivity contribution in [1.29, 1.82) is 0 Å². The van der Waals surface area contributed by atoms with Crippen LogP contribution in [0.15, 0.2) is 43.0 Å². The molecule has 0 amide bonds. The van der Waals surface area contributed by atoms with Crippen LogP contribution in [0.25, 0.3) is 22.4 Å². The van der Waals surface area contributed by atoms with Crippen molar-refractivity contribution >= 4 is 17.2 Å². The lowest BCUT2D eigenvalue weighted by Gasteiger charge is -2.13. The summed E-state index contributed by atoms with van der Waals surface area (Å²) >= 11 is 0. The van der Waals surface area contributed by atoms with Crippen molar-refractivity contribution in [2.24, 2.45) is 0 Å². The van der Waals surface area contributed by atoms with E-state index in [0.29, 0.717) is 30.2 Å².